The van der Waals surface area contributed by atoms with Crippen LogP contribution in [-0.4, -0.2) is 38.1 Å². The van der Waals surface area contributed by atoms with Crippen LogP contribution in [0.2, 0.25) is 0 Å². The maximum atomic E-state index is 11.9. The summed E-state index contributed by atoms with van der Waals surface area (Å²) in [5, 5.41) is 10.5. The fraction of sp³-hybridized carbons (Fsp3) is 0.545. The smallest absolute Gasteiger partial charge is 0.225 e. The van der Waals surface area contributed by atoms with E-state index >= 15 is 0 Å². The van der Waals surface area contributed by atoms with E-state index in [1.807, 2.05) is 65.8 Å². The van der Waals surface area contributed by atoms with E-state index in [-0.39, 0.29) is 11.9 Å². The molecule has 0 saturated carbocycles. The lowest BCUT2D eigenvalue weighted by Crippen LogP contribution is -2.40. The number of hydrogen-bond acceptors (Lipinski definition) is 4. The molecule has 7 nitrogen and oxygen atoms in total. The van der Waals surface area contributed by atoms with Crippen molar-refractivity contribution in [3.05, 3.63) is 30.0 Å². The molecule has 29 heavy (non-hydrogen) atoms. The van der Waals surface area contributed by atoms with Crippen LogP contribution in [0, 0.1) is 5.41 Å². The second-order valence-electron chi connectivity index (χ2n) is 7.89. The molecule has 2 aromatic rings. The third-order valence-corrected chi connectivity index (χ3v) is 4.30. The first-order valence-corrected chi connectivity index (χ1v) is 10.2. The molecule has 3 N–H and O–H groups in total. The van der Waals surface area contributed by atoms with Gasteiger partial charge in [-0.3, -0.25) is 9.79 Å². The van der Waals surface area contributed by atoms with Crippen molar-refractivity contribution >= 4 is 22.8 Å². The average molecular weight is 403 g/mol. The quantitative estimate of drug-likeness (QED) is 0.357. The number of nitrogens with zero attached hydrogens (tertiary/aromatic N) is 1. The lowest BCUT2D eigenvalue weighted by molar-refractivity contribution is -0.128. The average Bonchev–Trinajstić information content (AvgIpc) is 3.10. The van der Waals surface area contributed by atoms with E-state index in [1.54, 1.807) is 0 Å². The summed E-state index contributed by atoms with van der Waals surface area (Å²) in [6.07, 6.45) is 0. The van der Waals surface area contributed by atoms with E-state index in [0.717, 1.165) is 29.0 Å². The van der Waals surface area contributed by atoms with Gasteiger partial charge in [-0.05, 0) is 32.9 Å². The van der Waals surface area contributed by atoms with Crippen LogP contribution in [0.25, 0.3) is 11.0 Å². The maximum Gasteiger partial charge on any atom is 0.225 e. The van der Waals surface area contributed by atoms with Gasteiger partial charge in [-0.2, -0.15) is 0 Å². The topological polar surface area (TPSA) is 87.9 Å². The number of ether oxygens (including phenoxy) is 1. The van der Waals surface area contributed by atoms with Gasteiger partial charge in [-0.15, -0.1) is 0 Å². The third kappa shape index (κ3) is 6.41. The molecule has 0 radical (unpaired) electrons. The fourth-order valence-electron chi connectivity index (χ4n) is 2.74. The van der Waals surface area contributed by atoms with E-state index in [0.29, 0.717) is 25.7 Å². The number of carbonyl (C=O) groups is 1. The predicted molar refractivity (Wildman–Crippen MR) is 117 cm³/mol. The zero-order valence-electron chi connectivity index (χ0n) is 18.4. The Labute approximate surface area is 173 Å². The molecule has 0 saturated heterocycles. The Hall–Kier alpha value is -2.70. The molecule has 1 heterocycles. The Kier molecular flexibility index (Phi) is 7.93. The van der Waals surface area contributed by atoms with Gasteiger partial charge < -0.3 is 25.1 Å². The number of fused-ring (bicyclic) bond motifs is 1. The van der Waals surface area contributed by atoms with Crippen LogP contribution in [0.5, 0.6) is 5.75 Å². The van der Waals surface area contributed by atoms with E-state index in [1.165, 1.54) is 0 Å². The molecular weight excluding hydrogens is 368 g/mol. The van der Waals surface area contributed by atoms with Gasteiger partial charge in [0.05, 0.1) is 19.2 Å². The Bertz CT molecular complexity index is 836. The molecule has 0 aliphatic rings. The second kappa shape index (κ2) is 10.2. The molecule has 1 aromatic carbocycles. The minimum absolute atomic E-state index is 0.0198. The standard InChI is InChI=1S/C22H34N4O3/c1-7-23-21(25-13-12-24-20(27)22(4,5)6)26-15(3)18-14-16-10-9-11-17(28-8-2)19(16)29-18/h9-11,14-15H,7-8,12-13H2,1-6H3,(H,24,27)(H2,23,25,26). The first kappa shape index (κ1) is 22.6. The number of benzene rings is 1. The lowest BCUT2D eigenvalue weighted by Gasteiger charge is -2.18. The molecule has 1 atom stereocenters. The molecule has 0 bridgehead atoms. The Morgan fingerprint density at radius 2 is 2.00 bits per heavy atom. The van der Waals surface area contributed by atoms with Crippen LogP contribution in [0.4, 0.5) is 0 Å². The van der Waals surface area contributed by atoms with E-state index < -0.39 is 5.41 Å². The Morgan fingerprint density at radius 3 is 2.66 bits per heavy atom. The van der Waals surface area contributed by atoms with Crippen LogP contribution in [-0.2, 0) is 4.79 Å². The summed E-state index contributed by atoms with van der Waals surface area (Å²) in [5.74, 6) is 2.25. The number of nitrogens with one attached hydrogen (secondary N) is 3. The zero-order valence-corrected chi connectivity index (χ0v) is 18.4. The largest absolute Gasteiger partial charge is 0.490 e. The van der Waals surface area contributed by atoms with Crippen LogP contribution >= 0.6 is 0 Å². The van der Waals surface area contributed by atoms with E-state index in [4.69, 9.17) is 9.15 Å². The fourth-order valence-corrected chi connectivity index (χ4v) is 2.74. The van der Waals surface area contributed by atoms with Gasteiger partial charge in [0.15, 0.2) is 17.3 Å². The van der Waals surface area contributed by atoms with Crippen LogP contribution < -0.4 is 20.7 Å². The molecule has 0 aliphatic heterocycles. The summed E-state index contributed by atoms with van der Waals surface area (Å²) in [6.45, 7) is 14.0. The molecular formula is C22H34N4O3. The minimum Gasteiger partial charge on any atom is -0.490 e. The third-order valence-electron chi connectivity index (χ3n) is 4.30. The highest BCUT2D eigenvalue weighted by Crippen LogP contribution is 2.31. The van der Waals surface area contributed by atoms with Gasteiger partial charge in [0.1, 0.15) is 5.76 Å². The number of aliphatic imine (C=N–C) groups is 1. The van der Waals surface area contributed by atoms with Crippen LogP contribution in [0.1, 0.15) is 53.3 Å². The normalized spacial score (nSPS) is 13.2. The number of hydrogen-bond donors (Lipinski definition) is 3. The Morgan fingerprint density at radius 1 is 1.24 bits per heavy atom. The lowest BCUT2D eigenvalue weighted by atomic mass is 9.96. The molecule has 2 rings (SSSR count). The number of rotatable bonds is 8. The van der Waals surface area contributed by atoms with Gasteiger partial charge >= 0.3 is 0 Å². The minimum atomic E-state index is -0.400. The second-order valence-corrected chi connectivity index (χ2v) is 7.89. The predicted octanol–water partition coefficient (Wildman–Crippen LogP) is 3.61. The zero-order chi connectivity index (χ0) is 21.4. The molecule has 0 spiro atoms. The molecule has 160 valence electrons. The van der Waals surface area contributed by atoms with Crippen molar-refractivity contribution in [2.45, 2.75) is 47.6 Å². The summed E-state index contributed by atoms with van der Waals surface area (Å²) in [6, 6.07) is 7.81. The van der Waals surface area contributed by atoms with Gasteiger partial charge in [0.2, 0.25) is 5.91 Å². The van der Waals surface area contributed by atoms with Crippen molar-refractivity contribution in [2.24, 2.45) is 10.4 Å². The maximum absolute atomic E-state index is 11.9. The molecule has 0 fully saturated rings. The van der Waals surface area contributed by atoms with Crippen molar-refractivity contribution in [3.63, 3.8) is 0 Å². The first-order valence-electron chi connectivity index (χ1n) is 10.2. The summed E-state index contributed by atoms with van der Waals surface area (Å²) in [4.78, 5) is 16.5. The van der Waals surface area contributed by atoms with Crippen molar-refractivity contribution in [1.29, 1.82) is 0 Å². The molecule has 1 aromatic heterocycles. The summed E-state index contributed by atoms with van der Waals surface area (Å²) in [7, 11) is 0. The highest BCUT2D eigenvalue weighted by atomic mass is 16.5. The Balaban J connectivity index is 2.03. The number of guanidine groups is 1. The van der Waals surface area contributed by atoms with Crippen LogP contribution in [0.3, 0.4) is 0 Å². The molecule has 1 unspecified atom stereocenters. The SMILES string of the molecule is CCNC(=NCCNC(=O)C(C)(C)C)NC(C)c1cc2cccc(OCC)c2o1. The summed E-state index contributed by atoms with van der Waals surface area (Å²) < 4.78 is 11.7. The number of furan rings is 1. The monoisotopic (exact) mass is 402 g/mol. The van der Waals surface area contributed by atoms with Crippen molar-refractivity contribution < 1.29 is 13.9 Å². The molecule has 1 amide bonds. The number of amides is 1. The van der Waals surface area contributed by atoms with E-state index in [9.17, 15) is 4.79 Å². The summed E-state index contributed by atoms with van der Waals surface area (Å²) >= 11 is 0. The van der Waals surface area contributed by atoms with Crippen molar-refractivity contribution in [1.82, 2.24) is 16.0 Å². The highest BCUT2D eigenvalue weighted by molar-refractivity contribution is 5.84. The summed E-state index contributed by atoms with van der Waals surface area (Å²) in [5.41, 5.74) is 0.354. The van der Waals surface area contributed by atoms with Crippen LogP contribution in [0.15, 0.2) is 33.7 Å². The highest BCUT2D eigenvalue weighted by Gasteiger charge is 2.20. The number of para-hydroxylation sites is 1. The van der Waals surface area contributed by atoms with Gasteiger partial charge in [-0.25, -0.2) is 0 Å². The van der Waals surface area contributed by atoms with E-state index in [2.05, 4.69) is 20.9 Å². The van der Waals surface area contributed by atoms with Crippen molar-refractivity contribution in [2.75, 3.05) is 26.2 Å². The van der Waals surface area contributed by atoms with Gasteiger partial charge in [0, 0.05) is 23.9 Å². The molecule has 7 heteroatoms. The van der Waals surface area contributed by atoms with Crippen molar-refractivity contribution in [3.8, 4) is 5.75 Å². The molecule has 0 aliphatic carbocycles. The van der Waals surface area contributed by atoms with Gasteiger partial charge in [-0.1, -0.05) is 32.9 Å². The number of carbonyl (C=O) groups excluding carboxylic acids is 1. The van der Waals surface area contributed by atoms with Gasteiger partial charge in [0.25, 0.3) is 0 Å². The first-order chi connectivity index (χ1) is 13.8.